The normalized spacial score (nSPS) is 10.6. The fraction of sp³-hybridized carbons (Fsp3) is 0.200. The van der Waals surface area contributed by atoms with Gasteiger partial charge in [0.1, 0.15) is 5.75 Å². The predicted molar refractivity (Wildman–Crippen MR) is 71.9 cm³/mol. The molecule has 2 rings (SSSR count). The Hall–Kier alpha value is -1.61. The molecule has 0 bridgehead atoms. The molecule has 4 heteroatoms. The highest BCUT2D eigenvalue weighted by atomic mass is 35.5. The topological polar surface area (TPSA) is 9.23 Å². The Morgan fingerprint density at radius 1 is 1.11 bits per heavy atom. The van der Waals surface area contributed by atoms with Gasteiger partial charge in [-0.15, -0.1) is 11.6 Å². The van der Waals surface area contributed by atoms with E-state index in [-0.39, 0.29) is 5.88 Å². The van der Waals surface area contributed by atoms with Crippen LogP contribution in [0, 0.1) is 25.5 Å². The van der Waals surface area contributed by atoms with Crippen molar-refractivity contribution < 1.29 is 13.5 Å². The number of ether oxygens (including phenoxy) is 1. The summed E-state index contributed by atoms with van der Waals surface area (Å²) >= 11 is 5.56. The molecule has 0 atom stereocenters. The Labute approximate surface area is 115 Å². The van der Waals surface area contributed by atoms with Crippen molar-refractivity contribution in [3.05, 3.63) is 58.7 Å². The van der Waals surface area contributed by atoms with Crippen LogP contribution in [0.1, 0.15) is 16.7 Å². The van der Waals surface area contributed by atoms with Crippen molar-refractivity contribution in [2.45, 2.75) is 19.7 Å². The van der Waals surface area contributed by atoms with E-state index < -0.39 is 17.4 Å². The molecule has 0 saturated heterocycles. The molecule has 0 fully saturated rings. The number of hydrogen-bond acceptors (Lipinski definition) is 1. The molecular formula is C15H13ClF2O. The third kappa shape index (κ3) is 2.87. The summed E-state index contributed by atoms with van der Waals surface area (Å²) < 4.78 is 32.9. The van der Waals surface area contributed by atoms with Gasteiger partial charge in [-0.25, -0.2) is 8.78 Å². The van der Waals surface area contributed by atoms with Gasteiger partial charge in [-0.05, 0) is 48.7 Å². The van der Waals surface area contributed by atoms with Crippen LogP contribution in [0.4, 0.5) is 8.78 Å². The second-order valence-corrected chi connectivity index (χ2v) is 4.59. The quantitative estimate of drug-likeness (QED) is 0.711. The van der Waals surface area contributed by atoms with E-state index in [0.29, 0.717) is 11.3 Å². The van der Waals surface area contributed by atoms with Crippen LogP contribution in [0.2, 0.25) is 0 Å². The molecule has 0 heterocycles. The summed E-state index contributed by atoms with van der Waals surface area (Å²) in [7, 11) is 0. The van der Waals surface area contributed by atoms with Crippen LogP contribution in [-0.4, -0.2) is 0 Å². The Balaban J connectivity index is 2.41. The largest absolute Gasteiger partial charge is 0.451 e. The van der Waals surface area contributed by atoms with Crippen LogP contribution in [0.25, 0.3) is 0 Å². The maximum atomic E-state index is 13.8. The summed E-state index contributed by atoms with van der Waals surface area (Å²) in [5.41, 5.74) is 2.23. The number of alkyl halides is 1. The SMILES string of the molecule is Cc1cccc(Oc2c(F)cc(CCl)cc2F)c1C. The fourth-order valence-corrected chi connectivity index (χ4v) is 1.89. The van der Waals surface area contributed by atoms with Gasteiger partial charge in [0.25, 0.3) is 0 Å². The van der Waals surface area contributed by atoms with Crippen LogP contribution in [0.15, 0.2) is 30.3 Å². The van der Waals surface area contributed by atoms with Gasteiger partial charge in [0.15, 0.2) is 17.4 Å². The smallest absolute Gasteiger partial charge is 0.198 e. The molecule has 0 N–H and O–H groups in total. The Bertz CT molecular complexity index is 588. The summed E-state index contributed by atoms with van der Waals surface area (Å²) in [5, 5.41) is 0. The number of halogens is 3. The Kier molecular flexibility index (Phi) is 4.05. The van der Waals surface area contributed by atoms with Crippen molar-refractivity contribution >= 4 is 11.6 Å². The first-order valence-electron chi connectivity index (χ1n) is 5.81. The summed E-state index contributed by atoms with van der Waals surface area (Å²) in [6.45, 7) is 3.75. The van der Waals surface area contributed by atoms with Crippen LogP contribution < -0.4 is 4.74 Å². The molecule has 19 heavy (non-hydrogen) atoms. The highest BCUT2D eigenvalue weighted by Crippen LogP contribution is 2.31. The lowest BCUT2D eigenvalue weighted by Gasteiger charge is -2.12. The minimum Gasteiger partial charge on any atom is -0.451 e. The average molecular weight is 283 g/mol. The van der Waals surface area contributed by atoms with Gasteiger partial charge in [-0.1, -0.05) is 12.1 Å². The molecule has 0 unspecified atom stereocenters. The first-order valence-corrected chi connectivity index (χ1v) is 6.34. The van der Waals surface area contributed by atoms with Gasteiger partial charge < -0.3 is 4.74 Å². The molecular weight excluding hydrogens is 270 g/mol. The van der Waals surface area contributed by atoms with E-state index in [2.05, 4.69) is 0 Å². The first kappa shape index (κ1) is 13.8. The van der Waals surface area contributed by atoms with Crippen molar-refractivity contribution in [3.8, 4) is 11.5 Å². The molecule has 0 aliphatic carbocycles. The van der Waals surface area contributed by atoms with Crippen LogP contribution >= 0.6 is 11.6 Å². The van der Waals surface area contributed by atoms with Gasteiger partial charge in [-0.3, -0.25) is 0 Å². The van der Waals surface area contributed by atoms with E-state index in [9.17, 15) is 8.78 Å². The first-order chi connectivity index (χ1) is 9.02. The highest BCUT2D eigenvalue weighted by molar-refractivity contribution is 6.17. The second kappa shape index (κ2) is 5.57. The van der Waals surface area contributed by atoms with E-state index in [0.717, 1.165) is 11.1 Å². The number of benzene rings is 2. The van der Waals surface area contributed by atoms with E-state index in [1.807, 2.05) is 19.9 Å². The maximum Gasteiger partial charge on any atom is 0.198 e. The van der Waals surface area contributed by atoms with Gasteiger partial charge >= 0.3 is 0 Å². The Morgan fingerprint density at radius 2 is 1.74 bits per heavy atom. The second-order valence-electron chi connectivity index (χ2n) is 4.32. The van der Waals surface area contributed by atoms with E-state index >= 15 is 0 Å². The van der Waals surface area contributed by atoms with E-state index in [1.165, 1.54) is 12.1 Å². The van der Waals surface area contributed by atoms with Crippen LogP contribution in [0.3, 0.4) is 0 Å². The summed E-state index contributed by atoms with van der Waals surface area (Å²) in [6.07, 6.45) is 0. The minimum absolute atomic E-state index is 0.0532. The monoisotopic (exact) mass is 282 g/mol. The maximum absolute atomic E-state index is 13.8. The van der Waals surface area contributed by atoms with Crippen molar-refractivity contribution in [3.63, 3.8) is 0 Å². The van der Waals surface area contributed by atoms with Gasteiger partial charge in [0.2, 0.25) is 0 Å². The zero-order valence-electron chi connectivity index (χ0n) is 10.6. The lowest BCUT2D eigenvalue weighted by molar-refractivity contribution is 0.404. The number of hydrogen-bond donors (Lipinski definition) is 0. The summed E-state index contributed by atoms with van der Waals surface area (Å²) in [5.74, 6) is -1.41. The van der Waals surface area contributed by atoms with E-state index in [4.69, 9.17) is 16.3 Å². The van der Waals surface area contributed by atoms with Crippen molar-refractivity contribution in [2.75, 3.05) is 0 Å². The highest BCUT2D eigenvalue weighted by Gasteiger charge is 2.14. The zero-order chi connectivity index (χ0) is 14.0. The standard InChI is InChI=1S/C15H13ClF2O/c1-9-4-3-5-14(10(9)2)19-15-12(17)6-11(8-16)7-13(15)18/h3-7H,8H2,1-2H3. The van der Waals surface area contributed by atoms with Gasteiger partial charge in [0.05, 0.1) is 0 Å². The third-order valence-corrected chi connectivity index (χ3v) is 3.29. The third-order valence-electron chi connectivity index (χ3n) is 2.98. The fourth-order valence-electron chi connectivity index (χ4n) is 1.73. The average Bonchev–Trinajstić information content (AvgIpc) is 2.38. The van der Waals surface area contributed by atoms with Crippen LogP contribution in [0.5, 0.6) is 11.5 Å². The lowest BCUT2D eigenvalue weighted by atomic mass is 10.1. The number of rotatable bonds is 3. The van der Waals surface area contributed by atoms with Crippen molar-refractivity contribution in [2.24, 2.45) is 0 Å². The molecule has 0 aliphatic heterocycles. The zero-order valence-corrected chi connectivity index (χ0v) is 11.4. The molecule has 0 spiro atoms. The molecule has 0 aliphatic rings. The number of aryl methyl sites for hydroxylation is 1. The van der Waals surface area contributed by atoms with Crippen molar-refractivity contribution in [1.82, 2.24) is 0 Å². The van der Waals surface area contributed by atoms with Crippen molar-refractivity contribution in [1.29, 1.82) is 0 Å². The van der Waals surface area contributed by atoms with E-state index in [1.54, 1.807) is 12.1 Å². The molecule has 0 aromatic heterocycles. The predicted octanol–water partition coefficient (Wildman–Crippen LogP) is 5.11. The molecule has 1 nitrogen and oxygen atoms in total. The Morgan fingerprint density at radius 3 is 2.32 bits per heavy atom. The molecule has 0 saturated carbocycles. The molecule has 0 amide bonds. The molecule has 2 aromatic rings. The molecule has 100 valence electrons. The summed E-state index contributed by atoms with van der Waals surface area (Å²) in [4.78, 5) is 0. The van der Waals surface area contributed by atoms with Crippen LogP contribution in [-0.2, 0) is 5.88 Å². The van der Waals surface area contributed by atoms with Gasteiger partial charge in [0, 0.05) is 5.88 Å². The minimum atomic E-state index is -0.753. The summed E-state index contributed by atoms with van der Waals surface area (Å²) in [6, 6.07) is 7.72. The molecule has 2 aromatic carbocycles. The molecule has 0 radical (unpaired) electrons. The lowest BCUT2D eigenvalue weighted by Crippen LogP contribution is -1.97. The van der Waals surface area contributed by atoms with Gasteiger partial charge in [-0.2, -0.15) is 0 Å².